The van der Waals surface area contributed by atoms with Crippen LogP contribution in [0.1, 0.15) is 19.8 Å². The van der Waals surface area contributed by atoms with E-state index in [2.05, 4.69) is 27.4 Å². The predicted octanol–water partition coefficient (Wildman–Crippen LogP) is 1.69. The highest BCUT2D eigenvalue weighted by Gasteiger charge is 2.25. The molecule has 158 valence electrons. The third kappa shape index (κ3) is 7.00. The van der Waals surface area contributed by atoms with Gasteiger partial charge >= 0.3 is 0 Å². The Kier molecular flexibility index (Phi) is 10.2. The van der Waals surface area contributed by atoms with E-state index >= 15 is 0 Å². The third-order valence-corrected chi connectivity index (χ3v) is 4.92. The largest absolute Gasteiger partial charge is 0.379 e. The number of anilines is 1. The molecule has 2 aliphatic heterocycles. The van der Waals surface area contributed by atoms with Crippen LogP contribution in [-0.4, -0.2) is 80.9 Å². The van der Waals surface area contributed by atoms with Gasteiger partial charge in [0.15, 0.2) is 17.6 Å². The Morgan fingerprint density at radius 3 is 2.93 bits per heavy atom. The monoisotopic (exact) mass is 506 g/mol. The lowest BCUT2D eigenvalue weighted by atomic mass is 10.3. The van der Waals surface area contributed by atoms with Gasteiger partial charge in [0.25, 0.3) is 0 Å². The fourth-order valence-electron chi connectivity index (χ4n) is 3.50. The average molecular weight is 506 g/mol. The van der Waals surface area contributed by atoms with Crippen molar-refractivity contribution < 1.29 is 9.13 Å². The summed E-state index contributed by atoms with van der Waals surface area (Å²) in [5, 5.41) is 6.80. The zero-order valence-electron chi connectivity index (χ0n) is 16.6. The number of halogens is 2. The molecule has 1 aromatic rings. The first-order valence-corrected chi connectivity index (χ1v) is 9.96. The maximum Gasteiger partial charge on any atom is 0.191 e. The van der Waals surface area contributed by atoms with E-state index in [1.807, 2.05) is 4.90 Å². The van der Waals surface area contributed by atoms with E-state index in [1.165, 1.54) is 6.07 Å². The third-order valence-electron chi connectivity index (χ3n) is 4.92. The molecule has 0 radical (unpaired) electrons. The summed E-state index contributed by atoms with van der Waals surface area (Å²) in [5.74, 6) is 1.02. The van der Waals surface area contributed by atoms with Crippen LogP contribution in [0.15, 0.2) is 23.3 Å². The van der Waals surface area contributed by atoms with Crippen molar-refractivity contribution >= 4 is 35.8 Å². The summed E-state index contributed by atoms with van der Waals surface area (Å²) in [7, 11) is 0. The fraction of sp³-hybridized carbons (Fsp3) is 0.684. The number of rotatable bonds is 7. The molecule has 0 amide bonds. The van der Waals surface area contributed by atoms with Crippen LogP contribution in [0.2, 0.25) is 0 Å². The summed E-state index contributed by atoms with van der Waals surface area (Å²) in [6.07, 6.45) is 3.61. The Labute approximate surface area is 184 Å². The van der Waals surface area contributed by atoms with E-state index in [9.17, 15) is 4.39 Å². The highest BCUT2D eigenvalue weighted by molar-refractivity contribution is 14.0. The minimum atomic E-state index is -0.262. The summed E-state index contributed by atoms with van der Waals surface area (Å²) >= 11 is 0. The molecule has 9 heteroatoms. The second-order valence-corrected chi connectivity index (χ2v) is 6.95. The number of aromatic nitrogens is 1. The molecule has 0 aliphatic carbocycles. The molecule has 28 heavy (non-hydrogen) atoms. The van der Waals surface area contributed by atoms with E-state index in [-0.39, 0.29) is 35.8 Å². The highest BCUT2D eigenvalue weighted by Crippen LogP contribution is 2.20. The standard InChI is InChI=1S/C19H31FN6O.HI/c1-2-21-19(23-8-4-9-25-11-13-27-14-12-25)24-16-6-10-26(15-16)18-17(20)5-3-7-22-18;/h3,5,7,16H,2,4,6,8-15H2,1H3,(H2,21,23,24);1H. The SMILES string of the molecule is CCNC(=NCCCN1CCOCC1)NC1CCN(c2ncccc2F)C1.I. The molecule has 7 nitrogen and oxygen atoms in total. The Hall–Kier alpha value is -1.20. The van der Waals surface area contributed by atoms with Crippen LogP contribution >= 0.6 is 24.0 Å². The van der Waals surface area contributed by atoms with Gasteiger partial charge in [0.1, 0.15) is 0 Å². The van der Waals surface area contributed by atoms with Gasteiger partial charge in [0, 0.05) is 58.1 Å². The molecule has 2 aliphatic rings. The Morgan fingerprint density at radius 1 is 1.36 bits per heavy atom. The van der Waals surface area contributed by atoms with E-state index < -0.39 is 0 Å². The minimum Gasteiger partial charge on any atom is -0.379 e. The second-order valence-electron chi connectivity index (χ2n) is 6.95. The Balaban J connectivity index is 0.00000280. The minimum absolute atomic E-state index is 0. The van der Waals surface area contributed by atoms with Crippen molar-refractivity contribution in [3.05, 3.63) is 24.1 Å². The van der Waals surface area contributed by atoms with Crippen LogP contribution in [0, 0.1) is 5.82 Å². The van der Waals surface area contributed by atoms with Gasteiger partial charge in [0.2, 0.25) is 0 Å². The number of guanidine groups is 1. The van der Waals surface area contributed by atoms with E-state index in [0.29, 0.717) is 5.82 Å². The molecule has 1 unspecified atom stereocenters. The van der Waals surface area contributed by atoms with Crippen molar-refractivity contribution in [2.24, 2.45) is 4.99 Å². The second kappa shape index (κ2) is 12.4. The summed E-state index contributed by atoms with van der Waals surface area (Å²) in [6.45, 7) is 9.96. The molecule has 0 spiro atoms. The molecular formula is C19H32FIN6O. The maximum atomic E-state index is 13.9. The van der Waals surface area contributed by atoms with Gasteiger partial charge in [-0.25, -0.2) is 9.37 Å². The van der Waals surface area contributed by atoms with E-state index in [0.717, 1.165) is 77.8 Å². The van der Waals surface area contributed by atoms with Crippen LogP contribution in [0.25, 0.3) is 0 Å². The van der Waals surface area contributed by atoms with E-state index in [4.69, 9.17) is 9.73 Å². The normalized spacial score (nSPS) is 20.7. The van der Waals surface area contributed by atoms with Gasteiger partial charge in [0.05, 0.1) is 13.2 Å². The molecule has 3 rings (SSSR count). The van der Waals surface area contributed by atoms with Gasteiger partial charge in [-0.2, -0.15) is 0 Å². The van der Waals surface area contributed by atoms with Gasteiger partial charge < -0.3 is 20.3 Å². The molecule has 2 N–H and O–H groups in total. The van der Waals surface area contributed by atoms with Crippen LogP contribution in [-0.2, 0) is 4.74 Å². The predicted molar refractivity (Wildman–Crippen MR) is 121 cm³/mol. The van der Waals surface area contributed by atoms with Crippen LogP contribution < -0.4 is 15.5 Å². The lowest BCUT2D eigenvalue weighted by molar-refractivity contribution is 0.0377. The summed E-state index contributed by atoms with van der Waals surface area (Å²) in [5.41, 5.74) is 0. The molecule has 2 saturated heterocycles. The van der Waals surface area contributed by atoms with Crippen LogP contribution in [0.3, 0.4) is 0 Å². The van der Waals surface area contributed by atoms with Crippen LogP contribution in [0.4, 0.5) is 10.2 Å². The number of hydrogen-bond donors (Lipinski definition) is 2. The zero-order chi connectivity index (χ0) is 18.9. The highest BCUT2D eigenvalue weighted by atomic mass is 127. The lowest BCUT2D eigenvalue weighted by Gasteiger charge is -2.26. The number of aliphatic imine (C=N–C) groups is 1. The smallest absolute Gasteiger partial charge is 0.191 e. The first-order valence-electron chi connectivity index (χ1n) is 9.96. The quantitative estimate of drug-likeness (QED) is 0.254. The molecule has 0 bridgehead atoms. The fourth-order valence-corrected chi connectivity index (χ4v) is 3.50. The van der Waals surface area contributed by atoms with Crippen molar-refractivity contribution in [2.45, 2.75) is 25.8 Å². The number of nitrogens with zero attached hydrogens (tertiary/aromatic N) is 4. The number of nitrogens with one attached hydrogen (secondary N) is 2. The number of morpholine rings is 1. The van der Waals surface area contributed by atoms with Crippen molar-refractivity contribution in [3.63, 3.8) is 0 Å². The molecular weight excluding hydrogens is 474 g/mol. The number of ether oxygens (including phenoxy) is 1. The maximum absolute atomic E-state index is 13.9. The molecule has 0 saturated carbocycles. The number of pyridine rings is 1. The van der Waals surface area contributed by atoms with E-state index in [1.54, 1.807) is 12.3 Å². The van der Waals surface area contributed by atoms with Crippen molar-refractivity contribution in [2.75, 3.05) is 63.9 Å². The van der Waals surface area contributed by atoms with Gasteiger partial charge in [-0.15, -0.1) is 24.0 Å². The van der Waals surface area contributed by atoms with Crippen molar-refractivity contribution in [3.8, 4) is 0 Å². The number of hydrogen-bond acceptors (Lipinski definition) is 5. The Bertz CT molecular complexity index is 614. The summed E-state index contributed by atoms with van der Waals surface area (Å²) in [4.78, 5) is 13.3. The molecule has 0 aromatic carbocycles. The summed E-state index contributed by atoms with van der Waals surface area (Å²) < 4.78 is 19.3. The van der Waals surface area contributed by atoms with Gasteiger partial charge in [-0.05, 0) is 31.9 Å². The molecule has 2 fully saturated rings. The molecule has 1 aromatic heterocycles. The first kappa shape index (κ1) is 23.1. The average Bonchev–Trinajstić information content (AvgIpc) is 3.15. The molecule has 1 atom stereocenters. The zero-order valence-corrected chi connectivity index (χ0v) is 18.9. The topological polar surface area (TPSA) is 65.0 Å². The van der Waals surface area contributed by atoms with Gasteiger partial charge in [-0.1, -0.05) is 0 Å². The van der Waals surface area contributed by atoms with Gasteiger partial charge in [-0.3, -0.25) is 9.89 Å². The van der Waals surface area contributed by atoms with Crippen LogP contribution in [0.5, 0.6) is 0 Å². The van der Waals surface area contributed by atoms with Crippen molar-refractivity contribution in [1.82, 2.24) is 20.5 Å². The first-order chi connectivity index (χ1) is 13.3. The Morgan fingerprint density at radius 2 is 2.18 bits per heavy atom. The lowest BCUT2D eigenvalue weighted by Crippen LogP contribution is -2.45. The summed E-state index contributed by atoms with van der Waals surface area (Å²) in [6, 6.07) is 3.32. The van der Waals surface area contributed by atoms with Crippen molar-refractivity contribution in [1.29, 1.82) is 0 Å². The molecule has 3 heterocycles.